The summed E-state index contributed by atoms with van der Waals surface area (Å²) >= 11 is 0. The number of benzene rings is 1. The molecule has 0 radical (unpaired) electrons. The molecule has 5 nitrogen and oxygen atoms in total. The second-order valence-electron chi connectivity index (χ2n) is 3.31. The minimum Gasteiger partial charge on any atom is -0.399 e. The quantitative estimate of drug-likeness (QED) is 0.246. The smallest absolute Gasteiger partial charge is 0.172 e. The molecule has 1 aromatic carbocycles. The first-order valence-electron chi connectivity index (χ1n) is 4.44. The Hall–Kier alpha value is -1.88. The highest BCUT2D eigenvalue weighted by atomic mass is 15.4. The molecule has 0 fully saturated rings. The Morgan fingerprint density at radius 3 is 2.53 bits per heavy atom. The van der Waals surface area contributed by atoms with Crippen LogP contribution in [0, 0.1) is 6.92 Å². The summed E-state index contributed by atoms with van der Waals surface area (Å²) in [6.45, 7) is 5.26. The summed E-state index contributed by atoms with van der Waals surface area (Å²) < 4.78 is 0. The number of hydrogen-bond acceptors (Lipinski definition) is 4. The number of aryl methyl sites for hydroxylation is 1. The monoisotopic (exact) mass is 205 g/mol. The Morgan fingerprint density at radius 1 is 1.40 bits per heavy atom. The zero-order valence-corrected chi connectivity index (χ0v) is 8.94. The fourth-order valence-electron chi connectivity index (χ4n) is 1.34. The van der Waals surface area contributed by atoms with Crippen molar-refractivity contribution in [3.63, 3.8) is 0 Å². The van der Waals surface area contributed by atoms with E-state index in [-0.39, 0.29) is 0 Å². The Labute approximate surface area is 89.1 Å². The van der Waals surface area contributed by atoms with E-state index in [1.807, 2.05) is 19.1 Å². The second kappa shape index (κ2) is 4.56. The summed E-state index contributed by atoms with van der Waals surface area (Å²) in [7, 11) is 1.68. The first-order chi connectivity index (χ1) is 7.04. The number of nitrogens with zero attached hydrogens (tertiary/aromatic N) is 3. The van der Waals surface area contributed by atoms with E-state index in [0.717, 1.165) is 11.1 Å². The number of hydrogen-bond donors (Lipinski definition) is 2. The van der Waals surface area contributed by atoms with Crippen molar-refractivity contribution in [3.8, 4) is 0 Å². The van der Waals surface area contributed by atoms with Gasteiger partial charge in [0.15, 0.2) is 5.84 Å². The third kappa shape index (κ3) is 2.78. The molecule has 0 spiro atoms. The average molecular weight is 205 g/mol. The maximum absolute atomic E-state index is 5.73. The van der Waals surface area contributed by atoms with Gasteiger partial charge in [0, 0.05) is 25.0 Å². The van der Waals surface area contributed by atoms with Crippen LogP contribution in [0.25, 0.3) is 0 Å². The molecule has 0 saturated carbocycles. The number of hydrazine groups is 1. The molecule has 4 N–H and O–H groups in total. The van der Waals surface area contributed by atoms with Gasteiger partial charge in [0.1, 0.15) is 0 Å². The lowest BCUT2D eigenvalue weighted by Crippen LogP contribution is -2.33. The summed E-state index contributed by atoms with van der Waals surface area (Å²) in [6.07, 6.45) is 0. The maximum atomic E-state index is 5.73. The van der Waals surface area contributed by atoms with Crippen molar-refractivity contribution in [2.45, 2.75) is 6.92 Å². The zero-order valence-electron chi connectivity index (χ0n) is 8.94. The summed E-state index contributed by atoms with van der Waals surface area (Å²) in [4.78, 5) is 0. The van der Waals surface area contributed by atoms with Crippen molar-refractivity contribution in [3.05, 3.63) is 29.3 Å². The van der Waals surface area contributed by atoms with E-state index in [1.54, 1.807) is 13.1 Å². The largest absolute Gasteiger partial charge is 0.399 e. The van der Waals surface area contributed by atoms with Gasteiger partial charge in [0.05, 0.1) is 0 Å². The minimum atomic E-state index is 0.528. The van der Waals surface area contributed by atoms with Crippen LogP contribution in [0.3, 0.4) is 0 Å². The van der Waals surface area contributed by atoms with E-state index in [4.69, 9.17) is 11.6 Å². The van der Waals surface area contributed by atoms with Gasteiger partial charge in [-0.2, -0.15) is 5.10 Å². The van der Waals surface area contributed by atoms with Gasteiger partial charge >= 0.3 is 0 Å². The standard InChI is InChI=1S/C10H15N5/c1-7-4-8(6-9(11)5-7)10(14-13-2)15(3)12/h4-6H,2,11-12H2,1,3H3/b14-10-. The molecule has 1 rings (SSSR count). The normalized spacial score (nSPS) is 11.3. The molecule has 0 aliphatic heterocycles. The van der Waals surface area contributed by atoms with Gasteiger partial charge in [-0.3, -0.25) is 5.01 Å². The topological polar surface area (TPSA) is 80.0 Å². The molecule has 0 atom stereocenters. The third-order valence-corrected chi connectivity index (χ3v) is 1.86. The molecule has 15 heavy (non-hydrogen) atoms. The first-order valence-corrected chi connectivity index (χ1v) is 4.44. The molecule has 80 valence electrons. The van der Waals surface area contributed by atoms with Gasteiger partial charge in [0.2, 0.25) is 0 Å². The zero-order chi connectivity index (χ0) is 11.4. The predicted molar refractivity (Wildman–Crippen MR) is 63.6 cm³/mol. The molecule has 0 saturated heterocycles. The fraction of sp³-hybridized carbons (Fsp3) is 0.200. The molecule has 0 heterocycles. The minimum absolute atomic E-state index is 0.528. The predicted octanol–water partition coefficient (Wildman–Crippen LogP) is 0.745. The van der Waals surface area contributed by atoms with Crippen LogP contribution in [-0.4, -0.2) is 24.6 Å². The number of amidine groups is 1. The van der Waals surface area contributed by atoms with E-state index < -0.39 is 0 Å². The van der Waals surface area contributed by atoms with Crippen LogP contribution in [0.5, 0.6) is 0 Å². The maximum Gasteiger partial charge on any atom is 0.172 e. The molecule has 0 bridgehead atoms. The van der Waals surface area contributed by atoms with Crippen LogP contribution in [0.4, 0.5) is 5.69 Å². The van der Waals surface area contributed by atoms with Crippen LogP contribution in [0.15, 0.2) is 28.4 Å². The van der Waals surface area contributed by atoms with Gasteiger partial charge in [-0.15, -0.1) is 5.10 Å². The summed E-state index contributed by atoms with van der Waals surface area (Å²) in [6, 6.07) is 5.60. The highest BCUT2D eigenvalue weighted by molar-refractivity contribution is 5.99. The van der Waals surface area contributed by atoms with Gasteiger partial charge < -0.3 is 5.73 Å². The molecule has 5 heteroatoms. The van der Waals surface area contributed by atoms with Gasteiger partial charge in [-0.1, -0.05) is 0 Å². The van der Waals surface area contributed by atoms with Crippen molar-refractivity contribution in [2.24, 2.45) is 16.0 Å². The van der Waals surface area contributed by atoms with Crippen molar-refractivity contribution in [1.82, 2.24) is 5.01 Å². The Balaban J connectivity index is 3.23. The number of nitrogen functional groups attached to an aromatic ring is 1. The van der Waals surface area contributed by atoms with E-state index in [1.165, 1.54) is 5.01 Å². The molecular weight excluding hydrogens is 190 g/mol. The lowest BCUT2D eigenvalue weighted by Gasteiger charge is -2.14. The van der Waals surface area contributed by atoms with Gasteiger partial charge in [-0.05, 0) is 30.7 Å². The van der Waals surface area contributed by atoms with Crippen LogP contribution >= 0.6 is 0 Å². The number of nitrogens with two attached hydrogens (primary N) is 2. The van der Waals surface area contributed by atoms with Crippen molar-refractivity contribution < 1.29 is 0 Å². The van der Waals surface area contributed by atoms with Crippen molar-refractivity contribution >= 4 is 18.2 Å². The molecule has 0 amide bonds. The number of anilines is 1. The van der Waals surface area contributed by atoms with Gasteiger partial charge in [0.25, 0.3) is 0 Å². The lowest BCUT2D eigenvalue weighted by atomic mass is 10.1. The van der Waals surface area contributed by atoms with Crippen LogP contribution in [-0.2, 0) is 0 Å². The van der Waals surface area contributed by atoms with Crippen molar-refractivity contribution in [2.75, 3.05) is 12.8 Å². The highest BCUT2D eigenvalue weighted by Gasteiger charge is 2.07. The molecule has 0 aliphatic carbocycles. The first kappa shape index (κ1) is 11.2. The SMILES string of the molecule is C=N/N=C(/c1cc(C)cc(N)c1)N(C)N. The Kier molecular flexibility index (Phi) is 3.41. The molecule has 1 aromatic rings. The van der Waals surface area contributed by atoms with Crippen LogP contribution in [0.1, 0.15) is 11.1 Å². The third-order valence-electron chi connectivity index (χ3n) is 1.86. The van der Waals surface area contributed by atoms with E-state index in [2.05, 4.69) is 16.9 Å². The number of rotatable bonds is 2. The molecule has 0 unspecified atom stereocenters. The second-order valence-corrected chi connectivity index (χ2v) is 3.31. The molecule has 0 aliphatic rings. The fourth-order valence-corrected chi connectivity index (χ4v) is 1.34. The van der Waals surface area contributed by atoms with Gasteiger partial charge in [-0.25, -0.2) is 5.84 Å². The van der Waals surface area contributed by atoms with Crippen molar-refractivity contribution in [1.29, 1.82) is 0 Å². The average Bonchev–Trinajstić information content (AvgIpc) is 2.11. The molecule has 0 aromatic heterocycles. The summed E-state index contributed by atoms with van der Waals surface area (Å²) in [5, 5.41) is 8.70. The molecular formula is C10H15N5. The Morgan fingerprint density at radius 2 is 2.07 bits per heavy atom. The Bertz CT molecular complexity index is 375. The van der Waals surface area contributed by atoms with E-state index in [0.29, 0.717) is 11.5 Å². The van der Waals surface area contributed by atoms with E-state index in [9.17, 15) is 0 Å². The lowest BCUT2D eigenvalue weighted by molar-refractivity contribution is 0.537. The summed E-state index contributed by atoms with van der Waals surface area (Å²) in [5.41, 5.74) is 8.27. The van der Waals surface area contributed by atoms with Crippen LogP contribution < -0.4 is 11.6 Å². The van der Waals surface area contributed by atoms with E-state index >= 15 is 0 Å². The van der Waals surface area contributed by atoms with Crippen LogP contribution in [0.2, 0.25) is 0 Å². The summed E-state index contributed by atoms with van der Waals surface area (Å²) in [5.74, 6) is 6.16. The highest BCUT2D eigenvalue weighted by Crippen LogP contribution is 2.12.